The van der Waals surface area contributed by atoms with Gasteiger partial charge in [0.15, 0.2) is 0 Å². The number of amides is 1. The van der Waals surface area contributed by atoms with Gasteiger partial charge in [0.05, 0.1) is 5.69 Å². The van der Waals surface area contributed by atoms with E-state index in [1.54, 1.807) is 11.3 Å². The second-order valence-corrected chi connectivity index (χ2v) is 6.56. The van der Waals surface area contributed by atoms with Gasteiger partial charge in [0.2, 0.25) is 0 Å². The molecule has 116 valence electrons. The Hall–Kier alpha value is -2.10. The molecule has 3 aromatic rings. The van der Waals surface area contributed by atoms with Gasteiger partial charge >= 0.3 is 0 Å². The molecule has 2 nitrogen and oxygen atoms in total. The summed E-state index contributed by atoms with van der Waals surface area (Å²) in [6, 6.07) is 17.4. The molecule has 0 atom stereocenters. The molecular formula is C19H16ClNOS. The third-order valence-electron chi connectivity index (χ3n) is 3.61. The Labute approximate surface area is 144 Å². The molecule has 0 aliphatic rings. The minimum Gasteiger partial charge on any atom is -0.321 e. The second kappa shape index (κ2) is 6.99. The zero-order chi connectivity index (χ0) is 16.2. The highest BCUT2D eigenvalue weighted by Gasteiger charge is 2.08. The Morgan fingerprint density at radius 1 is 1.09 bits per heavy atom. The number of benzene rings is 2. The predicted molar refractivity (Wildman–Crippen MR) is 98.5 cm³/mol. The van der Waals surface area contributed by atoms with Crippen molar-refractivity contribution in [1.29, 1.82) is 0 Å². The molecule has 3 rings (SSSR count). The fourth-order valence-electron chi connectivity index (χ4n) is 2.26. The Balaban J connectivity index is 1.73. The van der Waals surface area contributed by atoms with Crippen LogP contribution in [0.4, 0.5) is 5.69 Å². The summed E-state index contributed by atoms with van der Waals surface area (Å²) in [4.78, 5) is 13.4. The van der Waals surface area contributed by atoms with Crippen LogP contribution in [-0.4, -0.2) is 5.91 Å². The van der Waals surface area contributed by atoms with Crippen LogP contribution in [0.2, 0.25) is 5.02 Å². The molecule has 23 heavy (non-hydrogen) atoms. The van der Waals surface area contributed by atoms with Gasteiger partial charge in [-0.3, -0.25) is 4.79 Å². The van der Waals surface area contributed by atoms with Crippen molar-refractivity contribution < 1.29 is 4.79 Å². The van der Waals surface area contributed by atoms with Crippen LogP contribution in [0.25, 0.3) is 10.4 Å². The minimum atomic E-state index is -0.0897. The number of aryl methyl sites for hydroxylation is 1. The topological polar surface area (TPSA) is 29.1 Å². The van der Waals surface area contributed by atoms with E-state index in [9.17, 15) is 4.79 Å². The lowest BCUT2D eigenvalue weighted by Crippen LogP contribution is -2.11. The number of hydrogen-bond acceptors (Lipinski definition) is 2. The van der Waals surface area contributed by atoms with Gasteiger partial charge in [0.1, 0.15) is 0 Å². The van der Waals surface area contributed by atoms with Gasteiger partial charge in [-0.25, -0.2) is 0 Å². The van der Waals surface area contributed by atoms with E-state index in [2.05, 4.69) is 12.2 Å². The van der Waals surface area contributed by atoms with E-state index >= 15 is 0 Å². The van der Waals surface area contributed by atoms with Crippen LogP contribution in [0.1, 0.15) is 22.8 Å². The molecule has 2 aromatic carbocycles. The first-order valence-electron chi connectivity index (χ1n) is 7.40. The number of rotatable bonds is 4. The summed E-state index contributed by atoms with van der Waals surface area (Å²) in [5.74, 6) is -0.0897. The maximum absolute atomic E-state index is 12.3. The fraction of sp³-hybridized carbons (Fsp3) is 0.105. The second-order valence-electron chi connectivity index (χ2n) is 5.21. The molecule has 0 aliphatic heterocycles. The Bertz CT molecular complexity index is 806. The number of halogens is 1. The first-order valence-corrected chi connectivity index (χ1v) is 8.66. The fourth-order valence-corrected chi connectivity index (χ4v) is 3.24. The molecule has 0 bridgehead atoms. The zero-order valence-corrected chi connectivity index (χ0v) is 14.2. The number of thiophene rings is 1. The molecule has 0 aliphatic carbocycles. The van der Waals surface area contributed by atoms with Crippen molar-refractivity contribution in [2.75, 3.05) is 5.32 Å². The SMILES string of the molecule is CCc1ccc(C(=O)Nc2csc(-c3ccc(Cl)cc3)c2)cc1. The normalized spacial score (nSPS) is 10.5. The number of carbonyl (C=O) groups excluding carboxylic acids is 1. The molecule has 0 fully saturated rings. The van der Waals surface area contributed by atoms with Gasteiger partial charge < -0.3 is 5.32 Å². The number of nitrogens with one attached hydrogen (secondary N) is 1. The van der Waals surface area contributed by atoms with Crippen molar-refractivity contribution in [2.24, 2.45) is 0 Å². The Kier molecular flexibility index (Phi) is 4.79. The van der Waals surface area contributed by atoms with Gasteiger partial charge in [-0.1, -0.05) is 42.8 Å². The predicted octanol–water partition coefficient (Wildman–Crippen LogP) is 5.88. The third-order valence-corrected chi connectivity index (χ3v) is 4.84. The highest BCUT2D eigenvalue weighted by molar-refractivity contribution is 7.14. The molecule has 1 aromatic heterocycles. The molecule has 0 unspecified atom stereocenters. The Morgan fingerprint density at radius 2 is 1.78 bits per heavy atom. The molecule has 0 saturated carbocycles. The maximum atomic E-state index is 12.3. The average Bonchev–Trinajstić information content (AvgIpc) is 3.04. The van der Waals surface area contributed by atoms with Crippen LogP contribution in [-0.2, 0) is 6.42 Å². The van der Waals surface area contributed by atoms with Gasteiger partial charge in [0.25, 0.3) is 5.91 Å². The molecule has 0 saturated heterocycles. The van der Waals surface area contributed by atoms with Crippen LogP contribution in [0.3, 0.4) is 0 Å². The van der Waals surface area contributed by atoms with Crippen LogP contribution < -0.4 is 5.32 Å². The summed E-state index contributed by atoms with van der Waals surface area (Å²) >= 11 is 7.50. The van der Waals surface area contributed by atoms with Crippen molar-refractivity contribution in [1.82, 2.24) is 0 Å². The van der Waals surface area contributed by atoms with E-state index in [0.717, 1.165) is 22.5 Å². The molecule has 1 amide bonds. The monoisotopic (exact) mass is 341 g/mol. The van der Waals surface area contributed by atoms with Crippen molar-refractivity contribution in [3.8, 4) is 10.4 Å². The first-order chi connectivity index (χ1) is 11.2. The molecule has 1 heterocycles. The summed E-state index contributed by atoms with van der Waals surface area (Å²) in [7, 11) is 0. The third kappa shape index (κ3) is 3.81. The standard InChI is InChI=1S/C19H16ClNOS/c1-2-13-3-5-15(6-4-13)19(22)21-17-11-18(23-12-17)14-7-9-16(20)10-8-14/h3-12H,2H2,1H3,(H,21,22). The lowest BCUT2D eigenvalue weighted by molar-refractivity contribution is 0.102. The van der Waals surface area contributed by atoms with Gasteiger partial charge in [-0.05, 0) is 47.9 Å². The summed E-state index contributed by atoms with van der Waals surface area (Å²) in [5, 5.41) is 5.61. The summed E-state index contributed by atoms with van der Waals surface area (Å²) in [5.41, 5.74) is 3.79. The van der Waals surface area contributed by atoms with Crippen molar-refractivity contribution in [3.63, 3.8) is 0 Å². The van der Waals surface area contributed by atoms with Crippen LogP contribution >= 0.6 is 22.9 Å². The van der Waals surface area contributed by atoms with Crippen LogP contribution in [0.5, 0.6) is 0 Å². The summed E-state index contributed by atoms with van der Waals surface area (Å²) in [6.07, 6.45) is 0.969. The highest BCUT2D eigenvalue weighted by Crippen LogP contribution is 2.30. The number of anilines is 1. The lowest BCUT2D eigenvalue weighted by atomic mass is 10.1. The van der Waals surface area contributed by atoms with Crippen molar-refractivity contribution in [3.05, 3.63) is 76.1 Å². The molecule has 0 spiro atoms. The largest absolute Gasteiger partial charge is 0.321 e. The number of hydrogen-bond donors (Lipinski definition) is 1. The van der Waals surface area contributed by atoms with Gasteiger partial charge in [0, 0.05) is 20.8 Å². The first kappa shape index (κ1) is 15.8. The average molecular weight is 342 g/mol. The minimum absolute atomic E-state index is 0.0897. The van der Waals surface area contributed by atoms with E-state index in [1.165, 1.54) is 5.56 Å². The highest BCUT2D eigenvalue weighted by atomic mass is 35.5. The zero-order valence-electron chi connectivity index (χ0n) is 12.7. The molecular weight excluding hydrogens is 326 g/mol. The summed E-state index contributed by atoms with van der Waals surface area (Å²) < 4.78 is 0. The molecule has 1 N–H and O–H groups in total. The van der Waals surface area contributed by atoms with E-state index in [0.29, 0.717) is 10.6 Å². The maximum Gasteiger partial charge on any atom is 0.255 e. The van der Waals surface area contributed by atoms with Crippen LogP contribution in [0.15, 0.2) is 60.0 Å². The quantitative estimate of drug-likeness (QED) is 0.630. The Morgan fingerprint density at radius 3 is 2.43 bits per heavy atom. The van der Waals surface area contributed by atoms with E-state index in [1.807, 2.05) is 60.0 Å². The van der Waals surface area contributed by atoms with Gasteiger partial charge in [-0.15, -0.1) is 11.3 Å². The van der Waals surface area contributed by atoms with Crippen molar-refractivity contribution in [2.45, 2.75) is 13.3 Å². The van der Waals surface area contributed by atoms with Gasteiger partial charge in [-0.2, -0.15) is 0 Å². The van der Waals surface area contributed by atoms with E-state index < -0.39 is 0 Å². The van der Waals surface area contributed by atoms with Crippen molar-refractivity contribution >= 4 is 34.5 Å². The summed E-state index contributed by atoms with van der Waals surface area (Å²) in [6.45, 7) is 2.10. The molecule has 0 radical (unpaired) electrons. The van der Waals surface area contributed by atoms with E-state index in [-0.39, 0.29) is 5.91 Å². The molecule has 4 heteroatoms. The lowest BCUT2D eigenvalue weighted by Gasteiger charge is -2.04. The van der Waals surface area contributed by atoms with Crippen LogP contribution in [0, 0.1) is 0 Å². The van der Waals surface area contributed by atoms with E-state index in [4.69, 9.17) is 11.6 Å². The number of carbonyl (C=O) groups is 1. The smallest absolute Gasteiger partial charge is 0.255 e.